The van der Waals surface area contributed by atoms with E-state index in [4.69, 9.17) is 19.8 Å². The van der Waals surface area contributed by atoms with Crippen molar-refractivity contribution in [3.63, 3.8) is 0 Å². The summed E-state index contributed by atoms with van der Waals surface area (Å²) in [5, 5.41) is 5.04. The predicted molar refractivity (Wildman–Crippen MR) is 173 cm³/mol. The number of nitrogens with zero attached hydrogens (tertiary/aromatic N) is 6. The van der Waals surface area contributed by atoms with Gasteiger partial charge in [0.05, 0.1) is 48.0 Å². The van der Waals surface area contributed by atoms with Crippen molar-refractivity contribution in [2.45, 2.75) is 64.5 Å². The van der Waals surface area contributed by atoms with Crippen LogP contribution in [0.4, 0.5) is 24.7 Å². The summed E-state index contributed by atoms with van der Waals surface area (Å²) in [7, 11) is 0.788. The molecule has 3 aliphatic rings. The second kappa shape index (κ2) is 12.8. The van der Waals surface area contributed by atoms with Crippen molar-refractivity contribution in [1.82, 2.24) is 19.5 Å². The first-order valence-corrected chi connectivity index (χ1v) is 18.0. The minimum Gasteiger partial charge on any atom is -0.378 e. The molecule has 4 heterocycles. The number of aliphatic imine (C=N–C) groups is 1. The van der Waals surface area contributed by atoms with Gasteiger partial charge in [0.2, 0.25) is 0 Å². The lowest BCUT2D eigenvalue weighted by Crippen LogP contribution is -2.37. The third-order valence-corrected chi connectivity index (χ3v) is 11.8. The van der Waals surface area contributed by atoms with Gasteiger partial charge in [0, 0.05) is 39.7 Å². The van der Waals surface area contributed by atoms with Crippen molar-refractivity contribution in [2.24, 2.45) is 16.3 Å². The highest BCUT2D eigenvalue weighted by atomic mass is 32.2. The van der Waals surface area contributed by atoms with Gasteiger partial charge in [-0.25, -0.2) is 22.9 Å². The average Bonchev–Trinajstić information content (AvgIpc) is 3.42. The number of fused-ring (bicyclic) bond motifs is 1. The molecule has 0 amide bonds. The highest BCUT2D eigenvalue weighted by Gasteiger charge is 2.43. The van der Waals surface area contributed by atoms with Crippen molar-refractivity contribution < 1.29 is 26.3 Å². The Labute approximate surface area is 268 Å². The molecule has 2 saturated heterocycles. The fourth-order valence-corrected chi connectivity index (χ4v) is 9.66. The van der Waals surface area contributed by atoms with Crippen LogP contribution in [0.1, 0.15) is 66.6 Å². The van der Waals surface area contributed by atoms with Crippen LogP contribution in [-0.2, 0) is 33.6 Å². The first kappa shape index (κ1) is 32.7. The molecule has 0 bridgehead atoms. The van der Waals surface area contributed by atoms with Gasteiger partial charge in [-0.05, 0) is 67.6 Å². The summed E-state index contributed by atoms with van der Waals surface area (Å²) in [6, 6.07) is 6.27. The smallest absolute Gasteiger partial charge is 0.378 e. The number of hydrogen-bond donors (Lipinski definition) is 0. The summed E-state index contributed by atoms with van der Waals surface area (Å²) in [6.45, 7) is 4.01. The molecule has 2 unspecified atom stereocenters. The van der Waals surface area contributed by atoms with Gasteiger partial charge in [-0.3, -0.25) is 0 Å². The third kappa shape index (κ3) is 7.05. The van der Waals surface area contributed by atoms with E-state index < -0.39 is 21.6 Å². The van der Waals surface area contributed by atoms with E-state index in [0.29, 0.717) is 55.4 Å². The van der Waals surface area contributed by atoms with Gasteiger partial charge >= 0.3 is 6.18 Å². The van der Waals surface area contributed by atoms with Crippen LogP contribution in [0.25, 0.3) is 5.65 Å². The Hall–Kier alpha value is -3.19. The van der Waals surface area contributed by atoms with Gasteiger partial charge in [-0.15, -0.1) is 5.10 Å². The quantitative estimate of drug-likeness (QED) is 0.240. The monoisotopic (exact) mass is 660 g/mol. The van der Waals surface area contributed by atoms with Crippen LogP contribution in [0.3, 0.4) is 0 Å². The van der Waals surface area contributed by atoms with Crippen molar-refractivity contribution >= 4 is 33.3 Å². The number of benzene rings is 1. The number of rotatable bonds is 7. The van der Waals surface area contributed by atoms with Gasteiger partial charge in [0.1, 0.15) is 5.69 Å². The van der Waals surface area contributed by atoms with E-state index in [0.717, 1.165) is 56.0 Å². The molecule has 1 aliphatic carbocycles. The molecule has 3 aromatic rings. The summed E-state index contributed by atoms with van der Waals surface area (Å²) in [5.74, 6) is 1.55. The van der Waals surface area contributed by atoms with E-state index in [2.05, 4.69) is 4.90 Å². The lowest BCUT2D eigenvalue weighted by molar-refractivity contribution is -0.138. The van der Waals surface area contributed by atoms with Crippen LogP contribution in [0, 0.1) is 18.3 Å². The van der Waals surface area contributed by atoms with E-state index in [-0.39, 0.29) is 34.8 Å². The van der Waals surface area contributed by atoms with Gasteiger partial charge in [-0.1, -0.05) is 25.0 Å². The summed E-state index contributed by atoms with van der Waals surface area (Å²) < 4.78 is 73.9. The van der Waals surface area contributed by atoms with E-state index in [1.807, 2.05) is 25.1 Å². The number of aromatic nitrogens is 3. The SMILES string of the molecule is Cc1c(Cc2c(CC3CCCC4(CC3)CCS(=O)(=O)C4)nc3c(N=CN(C)C)cc(N4CCOCC4)nn23)cccc1C(F)(F)F. The largest absolute Gasteiger partial charge is 0.416 e. The van der Waals surface area contributed by atoms with Crippen LogP contribution in [0.2, 0.25) is 0 Å². The molecule has 46 heavy (non-hydrogen) atoms. The van der Waals surface area contributed by atoms with Crippen molar-refractivity contribution in [1.29, 1.82) is 0 Å². The number of hydrogen-bond acceptors (Lipinski definition) is 7. The first-order valence-electron chi connectivity index (χ1n) is 16.1. The van der Waals surface area contributed by atoms with Crippen LogP contribution in [0.5, 0.6) is 0 Å². The normalized spacial score (nSPS) is 23.9. The predicted octanol–water partition coefficient (Wildman–Crippen LogP) is 5.63. The van der Waals surface area contributed by atoms with Gasteiger partial charge in [0.15, 0.2) is 21.3 Å². The zero-order valence-electron chi connectivity index (χ0n) is 26.8. The van der Waals surface area contributed by atoms with Crippen LogP contribution in [-0.4, -0.2) is 86.2 Å². The fourth-order valence-electron chi connectivity index (χ4n) is 7.40. The molecule has 6 rings (SSSR count). The maximum absolute atomic E-state index is 13.9. The molecule has 250 valence electrons. The highest BCUT2D eigenvalue weighted by Crippen LogP contribution is 2.46. The average molecular weight is 661 g/mol. The van der Waals surface area contributed by atoms with E-state index in [9.17, 15) is 21.6 Å². The Morgan fingerprint density at radius 2 is 1.93 bits per heavy atom. The molecular formula is C33H43F3N6O3S. The van der Waals surface area contributed by atoms with Crippen molar-refractivity contribution in [2.75, 3.05) is 56.8 Å². The summed E-state index contributed by atoms with van der Waals surface area (Å²) in [4.78, 5) is 13.8. The molecule has 2 atom stereocenters. The lowest BCUT2D eigenvalue weighted by atomic mass is 9.80. The second-order valence-corrected chi connectivity index (χ2v) is 15.7. The number of anilines is 1. The second-order valence-electron chi connectivity index (χ2n) is 13.5. The first-order chi connectivity index (χ1) is 21.8. The molecule has 3 fully saturated rings. The highest BCUT2D eigenvalue weighted by molar-refractivity contribution is 7.91. The molecule has 0 N–H and O–H groups in total. The number of ether oxygens (including phenoxy) is 1. The molecular weight excluding hydrogens is 617 g/mol. The Morgan fingerprint density at radius 1 is 1.15 bits per heavy atom. The molecule has 2 aliphatic heterocycles. The van der Waals surface area contributed by atoms with E-state index in [1.54, 1.807) is 16.9 Å². The maximum Gasteiger partial charge on any atom is 0.416 e. The lowest BCUT2D eigenvalue weighted by Gasteiger charge is -2.28. The van der Waals surface area contributed by atoms with Crippen LogP contribution in [0.15, 0.2) is 29.3 Å². The van der Waals surface area contributed by atoms with E-state index in [1.165, 1.54) is 13.0 Å². The van der Waals surface area contributed by atoms with Crippen molar-refractivity contribution in [3.05, 3.63) is 52.3 Å². The summed E-state index contributed by atoms with van der Waals surface area (Å²) in [5.41, 5.74) is 2.77. The van der Waals surface area contributed by atoms with Gasteiger partial charge < -0.3 is 14.5 Å². The Bertz CT molecular complexity index is 1720. The van der Waals surface area contributed by atoms with Crippen molar-refractivity contribution in [3.8, 4) is 0 Å². The minimum absolute atomic E-state index is 0.132. The summed E-state index contributed by atoms with van der Waals surface area (Å²) in [6.07, 6.45) is 3.44. The zero-order valence-corrected chi connectivity index (χ0v) is 27.6. The molecule has 1 saturated carbocycles. The number of sulfone groups is 1. The minimum atomic E-state index is -4.46. The van der Waals surface area contributed by atoms with E-state index >= 15 is 0 Å². The molecule has 2 aromatic heterocycles. The number of imidazole rings is 1. The van der Waals surface area contributed by atoms with Gasteiger partial charge in [-0.2, -0.15) is 13.2 Å². The number of halogens is 3. The molecule has 1 spiro atoms. The molecule has 0 radical (unpaired) electrons. The Kier molecular flexibility index (Phi) is 9.10. The molecule has 1 aromatic carbocycles. The van der Waals surface area contributed by atoms with Crippen LogP contribution >= 0.6 is 0 Å². The maximum atomic E-state index is 13.9. The Balaban J connectivity index is 1.43. The number of alkyl halides is 3. The number of morpholine rings is 1. The zero-order chi connectivity index (χ0) is 32.7. The fraction of sp³-hybridized carbons (Fsp3) is 0.606. The van der Waals surface area contributed by atoms with Crippen LogP contribution < -0.4 is 4.90 Å². The Morgan fingerprint density at radius 3 is 2.63 bits per heavy atom. The third-order valence-electron chi connectivity index (χ3n) is 9.95. The standard InChI is InChI=1S/C33H43F3N6O3S/c1-23-25(7-4-8-26(23)33(34,35)36)19-29-27(18-24-6-5-10-32(11-9-24)12-17-46(43,44)21-32)38-31-28(37-22-40(2)3)20-30(39-42(29)31)41-13-15-45-16-14-41/h4,7-8,20,22,24H,5-6,9-19,21H2,1-3H3. The topological polar surface area (TPSA) is 92.4 Å². The molecule has 13 heteroatoms. The van der Waals surface area contributed by atoms with Gasteiger partial charge in [0.25, 0.3) is 0 Å². The summed E-state index contributed by atoms with van der Waals surface area (Å²) >= 11 is 0. The molecule has 9 nitrogen and oxygen atoms in total.